The lowest BCUT2D eigenvalue weighted by Gasteiger charge is -2.31. The molecule has 0 saturated heterocycles. The van der Waals surface area contributed by atoms with Gasteiger partial charge in [0, 0.05) is 36.0 Å². The molecule has 0 aliphatic rings. The number of rotatable bonds is 6. The molecule has 1 aromatic carbocycles. The Bertz CT molecular complexity index is 577. The highest BCUT2D eigenvalue weighted by Gasteiger charge is 2.20. The van der Waals surface area contributed by atoms with Crippen molar-refractivity contribution in [3.05, 3.63) is 64.1 Å². The molecule has 1 atom stereocenters. The first-order chi connectivity index (χ1) is 10.2. The summed E-state index contributed by atoms with van der Waals surface area (Å²) in [5.74, 6) is -0.244. The van der Waals surface area contributed by atoms with Crippen LogP contribution in [0.3, 0.4) is 0 Å². The highest BCUT2D eigenvalue weighted by atomic mass is 79.9. The largest absolute Gasteiger partial charge is 0.329 e. The lowest BCUT2D eigenvalue weighted by atomic mass is 10.0. The predicted octanol–water partition coefficient (Wildman–Crippen LogP) is 3.51. The summed E-state index contributed by atoms with van der Waals surface area (Å²) in [7, 11) is 0. The van der Waals surface area contributed by atoms with Crippen molar-refractivity contribution in [2.75, 3.05) is 13.1 Å². The minimum atomic E-state index is -0.244. The van der Waals surface area contributed by atoms with Crippen LogP contribution in [0.15, 0.2) is 47.2 Å². The van der Waals surface area contributed by atoms with Crippen LogP contribution in [0.4, 0.5) is 4.39 Å². The van der Waals surface area contributed by atoms with Gasteiger partial charge in [-0.15, -0.1) is 0 Å². The van der Waals surface area contributed by atoms with Crippen molar-refractivity contribution in [1.82, 2.24) is 9.88 Å². The average Bonchev–Trinajstić information content (AvgIpc) is 2.51. The first-order valence-corrected chi connectivity index (χ1v) is 7.73. The summed E-state index contributed by atoms with van der Waals surface area (Å²) < 4.78 is 14.4. The van der Waals surface area contributed by atoms with E-state index in [0.717, 1.165) is 28.7 Å². The van der Waals surface area contributed by atoms with Crippen LogP contribution in [-0.4, -0.2) is 23.0 Å². The van der Waals surface area contributed by atoms with Gasteiger partial charge in [-0.2, -0.15) is 0 Å². The molecule has 0 amide bonds. The van der Waals surface area contributed by atoms with Crippen molar-refractivity contribution in [1.29, 1.82) is 0 Å². The Hall–Kier alpha value is -1.30. The summed E-state index contributed by atoms with van der Waals surface area (Å²) in [4.78, 5) is 6.26. The summed E-state index contributed by atoms with van der Waals surface area (Å²) in [6.45, 7) is 4.09. The zero-order valence-corrected chi connectivity index (χ0v) is 13.6. The maximum absolute atomic E-state index is 13.5. The van der Waals surface area contributed by atoms with Gasteiger partial charge in [0.15, 0.2) is 0 Å². The minimum absolute atomic E-state index is 0.0340. The molecule has 21 heavy (non-hydrogen) atoms. The molecule has 0 aliphatic carbocycles. The van der Waals surface area contributed by atoms with Crippen LogP contribution in [0, 0.1) is 5.82 Å². The molecule has 0 fully saturated rings. The monoisotopic (exact) mass is 351 g/mol. The van der Waals surface area contributed by atoms with Gasteiger partial charge in [-0.3, -0.25) is 9.88 Å². The molecule has 2 N–H and O–H groups in total. The number of nitrogens with two attached hydrogens (primary N) is 1. The molecule has 5 heteroatoms. The summed E-state index contributed by atoms with van der Waals surface area (Å²) in [6, 6.07) is 8.66. The number of hydrogen-bond donors (Lipinski definition) is 1. The second-order valence-corrected chi connectivity index (χ2v) is 5.69. The highest BCUT2D eigenvalue weighted by Crippen LogP contribution is 2.29. The first kappa shape index (κ1) is 16.1. The lowest BCUT2D eigenvalue weighted by Crippen LogP contribution is -2.33. The Kier molecular flexibility index (Phi) is 5.85. The number of aromatic nitrogens is 1. The highest BCUT2D eigenvalue weighted by molar-refractivity contribution is 9.10. The van der Waals surface area contributed by atoms with Crippen LogP contribution in [0.25, 0.3) is 0 Å². The number of likely N-dealkylation sites (N-methyl/N-ethyl adjacent to an activating group) is 1. The Morgan fingerprint density at radius 1 is 1.29 bits per heavy atom. The smallest absolute Gasteiger partial charge is 0.123 e. The summed E-state index contributed by atoms with van der Waals surface area (Å²) in [6.07, 6.45) is 3.55. The first-order valence-electron chi connectivity index (χ1n) is 6.93. The van der Waals surface area contributed by atoms with Crippen LogP contribution in [0.5, 0.6) is 0 Å². The van der Waals surface area contributed by atoms with Gasteiger partial charge in [0.2, 0.25) is 0 Å². The third-order valence-corrected chi connectivity index (χ3v) is 4.24. The van der Waals surface area contributed by atoms with E-state index in [1.807, 2.05) is 12.1 Å². The molecule has 0 radical (unpaired) electrons. The second-order valence-electron chi connectivity index (χ2n) is 4.84. The van der Waals surface area contributed by atoms with Gasteiger partial charge in [-0.25, -0.2) is 4.39 Å². The van der Waals surface area contributed by atoms with Crippen molar-refractivity contribution in [3.8, 4) is 0 Å². The van der Waals surface area contributed by atoms with Crippen LogP contribution in [-0.2, 0) is 6.54 Å². The lowest BCUT2D eigenvalue weighted by molar-refractivity contribution is 0.202. The van der Waals surface area contributed by atoms with E-state index in [1.54, 1.807) is 24.5 Å². The maximum atomic E-state index is 13.5. The number of nitrogens with zero attached hydrogens (tertiary/aromatic N) is 2. The molecule has 0 saturated carbocycles. The van der Waals surface area contributed by atoms with Crippen LogP contribution in [0.1, 0.15) is 24.1 Å². The number of benzene rings is 1. The summed E-state index contributed by atoms with van der Waals surface area (Å²) >= 11 is 3.50. The van der Waals surface area contributed by atoms with E-state index in [2.05, 4.69) is 32.7 Å². The third kappa shape index (κ3) is 4.09. The molecular formula is C16H19BrFN3. The Morgan fingerprint density at radius 2 is 2.00 bits per heavy atom. The summed E-state index contributed by atoms with van der Waals surface area (Å²) in [5.41, 5.74) is 8.00. The topological polar surface area (TPSA) is 42.2 Å². The maximum Gasteiger partial charge on any atom is 0.123 e. The average molecular weight is 352 g/mol. The zero-order chi connectivity index (χ0) is 15.2. The van der Waals surface area contributed by atoms with Crippen molar-refractivity contribution in [3.63, 3.8) is 0 Å². The van der Waals surface area contributed by atoms with E-state index < -0.39 is 0 Å². The van der Waals surface area contributed by atoms with E-state index in [1.165, 1.54) is 6.07 Å². The van der Waals surface area contributed by atoms with Gasteiger partial charge >= 0.3 is 0 Å². The van der Waals surface area contributed by atoms with Crippen LogP contribution >= 0.6 is 15.9 Å². The fourth-order valence-electron chi connectivity index (χ4n) is 2.41. The number of hydrogen-bond acceptors (Lipinski definition) is 3. The quantitative estimate of drug-likeness (QED) is 0.865. The third-order valence-electron chi connectivity index (χ3n) is 3.52. The van der Waals surface area contributed by atoms with Gasteiger partial charge in [0.1, 0.15) is 5.82 Å². The molecule has 1 unspecified atom stereocenters. The number of pyridine rings is 1. The van der Waals surface area contributed by atoms with E-state index in [9.17, 15) is 4.39 Å². The second kappa shape index (κ2) is 7.64. The van der Waals surface area contributed by atoms with Gasteiger partial charge in [-0.05, 0) is 48.0 Å². The van der Waals surface area contributed by atoms with Gasteiger partial charge in [0.05, 0.1) is 0 Å². The molecule has 2 rings (SSSR count). The fraction of sp³-hybridized carbons (Fsp3) is 0.312. The van der Waals surface area contributed by atoms with Crippen molar-refractivity contribution < 1.29 is 4.39 Å². The van der Waals surface area contributed by atoms with Crippen molar-refractivity contribution in [2.24, 2.45) is 5.73 Å². The molecule has 1 heterocycles. The van der Waals surface area contributed by atoms with E-state index in [0.29, 0.717) is 6.54 Å². The minimum Gasteiger partial charge on any atom is -0.329 e. The Labute approximate surface area is 133 Å². The van der Waals surface area contributed by atoms with Gasteiger partial charge in [-0.1, -0.05) is 22.9 Å². The van der Waals surface area contributed by atoms with Gasteiger partial charge < -0.3 is 5.73 Å². The van der Waals surface area contributed by atoms with Crippen molar-refractivity contribution >= 4 is 15.9 Å². The van der Waals surface area contributed by atoms with Crippen LogP contribution in [0.2, 0.25) is 0 Å². The SMILES string of the molecule is CCN(Cc1ccncc1)C(CN)c1cc(F)ccc1Br. The Morgan fingerprint density at radius 3 is 2.62 bits per heavy atom. The van der Waals surface area contributed by atoms with E-state index in [4.69, 9.17) is 5.73 Å². The zero-order valence-electron chi connectivity index (χ0n) is 12.0. The molecule has 112 valence electrons. The molecule has 2 aromatic rings. The van der Waals surface area contributed by atoms with Crippen LogP contribution < -0.4 is 5.73 Å². The molecule has 3 nitrogen and oxygen atoms in total. The normalized spacial score (nSPS) is 12.6. The van der Waals surface area contributed by atoms with Crippen molar-refractivity contribution in [2.45, 2.75) is 19.5 Å². The molecule has 0 aliphatic heterocycles. The summed E-state index contributed by atoms with van der Waals surface area (Å²) in [5, 5.41) is 0. The molecule has 0 spiro atoms. The predicted molar refractivity (Wildman–Crippen MR) is 86.2 cm³/mol. The molecule has 1 aromatic heterocycles. The Balaban J connectivity index is 2.27. The fourth-order valence-corrected chi connectivity index (χ4v) is 2.92. The van der Waals surface area contributed by atoms with E-state index in [-0.39, 0.29) is 11.9 Å². The van der Waals surface area contributed by atoms with Gasteiger partial charge in [0.25, 0.3) is 0 Å². The standard InChI is InChI=1S/C16H19BrFN3/c1-2-21(11-12-5-7-20-8-6-12)16(10-19)14-9-13(18)3-4-15(14)17/h3-9,16H,2,10-11,19H2,1H3. The number of halogens is 2. The molecule has 0 bridgehead atoms. The van der Waals surface area contributed by atoms with E-state index >= 15 is 0 Å². The molecular weight excluding hydrogens is 333 g/mol.